The molecule has 0 radical (unpaired) electrons. The molecule has 0 bridgehead atoms. The molecule has 10 heteroatoms. The van der Waals surface area contributed by atoms with Crippen LogP contribution >= 0.6 is 0 Å². The van der Waals surface area contributed by atoms with E-state index in [2.05, 4.69) is 10.5 Å². The van der Waals surface area contributed by atoms with Crippen LogP contribution < -0.4 is 5.32 Å². The summed E-state index contributed by atoms with van der Waals surface area (Å²) in [7, 11) is 0. The van der Waals surface area contributed by atoms with E-state index in [0.717, 1.165) is 5.56 Å². The minimum Gasteiger partial charge on any atom is -0.481 e. The topological polar surface area (TPSA) is 138 Å². The second-order valence-corrected chi connectivity index (χ2v) is 10.3. The minimum atomic E-state index is -1.24. The van der Waals surface area contributed by atoms with Crippen molar-refractivity contribution in [3.05, 3.63) is 95.4 Å². The van der Waals surface area contributed by atoms with Gasteiger partial charge in [-0.15, -0.1) is 0 Å². The first-order valence-corrected chi connectivity index (χ1v) is 13.6. The van der Waals surface area contributed by atoms with Gasteiger partial charge in [0.25, 0.3) is 5.91 Å². The molecule has 4 N–H and O–H groups in total. The zero-order chi connectivity index (χ0) is 30.4. The van der Waals surface area contributed by atoms with Crippen molar-refractivity contribution < 1.29 is 33.8 Å². The molecule has 42 heavy (non-hydrogen) atoms. The van der Waals surface area contributed by atoms with E-state index in [1.165, 1.54) is 18.2 Å². The maximum absolute atomic E-state index is 14.0. The van der Waals surface area contributed by atoms with Gasteiger partial charge in [0.15, 0.2) is 0 Å². The summed E-state index contributed by atoms with van der Waals surface area (Å²) in [5.74, 6) is -1.34. The van der Waals surface area contributed by atoms with Crippen molar-refractivity contribution in [1.82, 2.24) is 15.0 Å². The maximum Gasteiger partial charge on any atom is 0.305 e. The van der Waals surface area contributed by atoms with Crippen LogP contribution in [0, 0.1) is 12.7 Å². The standard InChI is InChI=1S/C32H34FN3O6/c1-19(2)36-27(14-13-25(37)16-26(38)17-28(39)40)29(22-9-11-23(33)12-10-22)30(21-7-5-4-6-8-21)31(36)32(41)34-18-24-15-20(3)42-35-24/h4-15,19,25-26,37-38H,16-18H2,1-3H3,(H,34,41)(H,39,40)/b14-13+/t25-,26-/m1/s1. The first-order chi connectivity index (χ1) is 20.0. The highest BCUT2D eigenvalue weighted by Gasteiger charge is 2.29. The third-order valence-corrected chi connectivity index (χ3v) is 6.68. The molecule has 0 aliphatic carbocycles. The molecule has 0 saturated heterocycles. The Bertz CT molecular complexity index is 1560. The van der Waals surface area contributed by atoms with Crippen molar-refractivity contribution in [1.29, 1.82) is 0 Å². The van der Waals surface area contributed by atoms with Crippen molar-refractivity contribution >= 4 is 18.0 Å². The molecule has 2 heterocycles. The van der Waals surface area contributed by atoms with Gasteiger partial charge in [-0.3, -0.25) is 9.59 Å². The number of carboxylic acid groups (broad SMARTS) is 1. The Morgan fingerprint density at radius 1 is 1.05 bits per heavy atom. The Morgan fingerprint density at radius 3 is 2.31 bits per heavy atom. The van der Waals surface area contributed by atoms with Crippen molar-refractivity contribution in [2.24, 2.45) is 0 Å². The SMILES string of the molecule is Cc1cc(CNC(=O)c2c(-c3ccccc3)c(-c3ccc(F)cc3)c(/C=C/[C@@H](O)C[C@@H](O)CC(=O)O)n2C(C)C)no1. The van der Waals surface area contributed by atoms with Crippen LogP contribution in [0.25, 0.3) is 28.3 Å². The molecule has 2 aromatic heterocycles. The van der Waals surface area contributed by atoms with Crippen molar-refractivity contribution in [3.63, 3.8) is 0 Å². The van der Waals surface area contributed by atoms with Gasteiger partial charge in [-0.05, 0) is 50.1 Å². The minimum absolute atomic E-state index is 0.130. The van der Waals surface area contributed by atoms with E-state index >= 15 is 0 Å². The summed E-state index contributed by atoms with van der Waals surface area (Å²) in [5, 5.41) is 36.5. The molecule has 0 unspecified atom stereocenters. The molecule has 4 aromatic rings. The van der Waals surface area contributed by atoms with Gasteiger partial charge in [-0.2, -0.15) is 0 Å². The number of carbonyl (C=O) groups is 2. The highest BCUT2D eigenvalue weighted by molar-refractivity contribution is 6.06. The van der Waals surface area contributed by atoms with Crippen molar-refractivity contribution in [2.75, 3.05) is 0 Å². The number of rotatable bonds is 12. The highest BCUT2D eigenvalue weighted by atomic mass is 19.1. The molecule has 220 valence electrons. The molecular weight excluding hydrogens is 541 g/mol. The third kappa shape index (κ3) is 7.20. The Labute approximate surface area is 242 Å². The molecule has 4 rings (SSSR count). The predicted molar refractivity (Wildman–Crippen MR) is 156 cm³/mol. The van der Waals surface area contributed by atoms with Crippen LogP contribution in [0.15, 0.2) is 71.3 Å². The number of aliphatic hydroxyl groups excluding tert-OH is 2. The van der Waals surface area contributed by atoms with Gasteiger partial charge in [0.2, 0.25) is 0 Å². The summed E-state index contributed by atoms with van der Waals surface area (Å²) in [6, 6.07) is 16.8. The van der Waals surface area contributed by atoms with Crippen LogP contribution in [0.4, 0.5) is 4.39 Å². The number of benzene rings is 2. The number of carbonyl (C=O) groups excluding carboxylic acids is 1. The van der Waals surface area contributed by atoms with Crippen LogP contribution in [-0.4, -0.2) is 49.1 Å². The summed E-state index contributed by atoms with van der Waals surface area (Å²) in [6.07, 6.45) is 0.0252. The number of aromatic nitrogens is 2. The Hall–Kier alpha value is -4.54. The van der Waals surface area contributed by atoms with E-state index in [0.29, 0.717) is 39.5 Å². The molecule has 0 aliphatic rings. The second-order valence-electron chi connectivity index (χ2n) is 10.3. The van der Waals surface area contributed by atoms with Crippen LogP contribution in [0.2, 0.25) is 0 Å². The number of nitrogens with one attached hydrogen (secondary N) is 1. The molecule has 0 saturated carbocycles. The molecule has 0 spiro atoms. The lowest BCUT2D eigenvalue weighted by molar-refractivity contribution is -0.139. The number of hydrogen-bond donors (Lipinski definition) is 4. The van der Waals surface area contributed by atoms with Gasteiger partial charge in [0, 0.05) is 35.3 Å². The molecule has 0 aliphatic heterocycles. The van der Waals surface area contributed by atoms with Gasteiger partial charge in [0.05, 0.1) is 25.2 Å². The molecule has 9 nitrogen and oxygen atoms in total. The number of nitrogens with zero attached hydrogens (tertiary/aromatic N) is 2. The number of aliphatic carboxylic acids is 1. The van der Waals surface area contributed by atoms with Crippen molar-refractivity contribution in [3.8, 4) is 22.3 Å². The van der Waals surface area contributed by atoms with E-state index in [1.807, 2.05) is 48.7 Å². The Kier molecular flexibility index (Phi) is 9.72. The fourth-order valence-corrected chi connectivity index (χ4v) is 4.93. The van der Waals surface area contributed by atoms with Crippen LogP contribution in [0.5, 0.6) is 0 Å². The van der Waals surface area contributed by atoms with Crippen molar-refractivity contribution in [2.45, 2.75) is 58.4 Å². The van der Waals surface area contributed by atoms with Crippen LogP contribution in [0.1, 0.15) is 60.4 Å². The molecule has 0 fully saturated rings. The summed E-state index contributed by atoms with van der Waals surface area (Å²) in [5.41, 5.74) is 4.16. The fraction of sp³-hybridized carbons (Fsp3) is 0.281. The largest absolute Gasteiger partial charge is 0.481 e. The number of amides is 1. The average molecular weight is 576 g/mol. The number of hydrogen-bond acceptors (Lipinski definition) is 6. The highest BCUT2D eigenvalue weighted by Crippen LogP contribution is 2.42. The summed E-state index contributed by atoms with van der Waals surface area (Å²) in [4.78, 5) is 24.9. The average Bonchev–Trinajstić information content (AvgIpc) is 3.52. The summed E-state index contributed by atoms with van der Waals surface area (Å²) < 4.78 is 21.0. The number of halogens is 1. The van der Waals surface area contributed by atoms with E-state index in [9.17, 15) is 24.2 Å². The monoisotopic (exact) mass is 575 g/mol. The van der Waals surface area contributed by atoms with Gasteiger partial charge in [0.1, 0.15) is 23.0 Å². The van der Waals surface area contributed by atoms with Gasteiger partial charge >= 0.3 is 5.97 Å². The lowest BCUT2D eigenvalue weighted by atomic mass is 9.94. The second kappa shape index (κ2) is 13.4. The lowest BCUT2D eigenvalue weighted by Crippen LogP contribution is -2.27. The number of aryl methyl sites for hydroxylation is 1. The van der Waals surface area contributed by atoms with E-state index in [1.54, 1.807) is 31.2 Å². The predicted octanol–water partition coefficient (Wildman–Crippen LogP) is 5.37. The zero-order valence-corrected chi connectivity index (χ0v) is 23.6. The third-order valence-electron chi connectivity index (χ3n) is 6.68. The number of carboxylic acids is 1. The van der Waals surface area contributed by atoms with E-state index < -0.39 is 30.4 Å². The first kappa shape index (κ1) is 30.4. The van der Waals surface area contributed by atoms with Gasteiger partial charge in [-0.1, -0.05) is 53.7 Å². The van der Waals surface area contributed by atoms with Crippen LogP contribution in [0.3, 0.4) is 0 Å². The first-order valence-electron chi connectivity index (χ1n) is 13.6. The zero-order valence-electron chi connectivity index (χ0n) is 23.6. The molecule has 1 amide bonds. The Morgan fingerprint density at radius 2 is 1.71 bits per heavy atom. The van der Waals surface area contributed by atoms with E-state index in [4.69, 9.17) is 9.63 Å². The fourth-order valence-electron chi connectivity index (χ4n) is 4.93. The molecule has 2 atom stereocenters. The molecular formula is C32H34FN3O6. The van der Waals surface area contributed by atoms with E-state index in [-0.39, 0.29) is 24.9 Å². The molecule has 2 aromatic carbocycles. The smallest absolute Gasteiger partial charge is 0.305 e. The quantitative estimate of drug-likeness (QED) is 0.178. The summed E-state index contributed by atoms with van der Waals surface area (Å²) in [6.45, 7) is 5.74. The maximum atomic E-state index is 14.0. The Balaban J connectivity index is 1.91. The lowest BCUT2D eigenvalue weighted by Gasteiger charge is -2.17. The summed E-state index contributed by atoms with van der Waals surface area (Å²) >= 11 is 0. The normalized spacial score (nSPS) is 13.0. The van der Waals surface area contributed by atoms with Gasteiger partial charge in [-0.25, -0.2) is 4.39 Å². The van der Waals surface area contributed by atoms with Crippen LogP contribution in [-0.2, 0) is 11.3 Å². The van der Waals surface area contributed by atoms with Gasteiger partial charge < -0.3 is 29.7 Å². The number of aliphatic hydroxyl groups is 2.